The molecule has 0 heterocycles. The van der Waals surface area contributed by atoms with Gasteiger partial charge < -0.3 is 14.6 Å². The minimum absolute atomic E-state index is 0.158. The Hall–Kier alpha value is -1.71. The molecule has 4 heteroatoms. The lowest BCUT2D eigenvalue weighted by atomic mass is 10.2. The van der Waals surface area contributed by atoms with Crippen molar-refractivity contribution in [1.82, 2.24) is 0 Å². The van der Waals surface area contributed by atoms with Gasteiger partial charge in [0, 0.05) is 6.07 Å². The van der Waals surface area contributed by atoms with E-state index in [1.165, 1.54) is 6.07 Å². The van der Waals surface area contributed by atoms with Crippen molar-refractivity contribution in [3.05, 3.63) is 23.8 Å². The molecule has 1 aromatic carbocycles. The molecule has 0 bridgehead atoms. The molecule has 0 unspecified atom stereocenters. The quantitative estimate of drug-likeness (QED) is 0.806. The number of carbonyl (C=O) groups is 1. The number of rotatable bonds is 6. The van der Waals surface area contributed by atoms with Crippen LogP contribution in [-0.2, 0) is 0 Å². The second-order valence-electron chi connectivity index (χ2n) is 3.24. The first-order chi connectivity index (χ1) is 7.69. The molecule has 1 rings (SSSR count). The van der Waals surface area contributed by atoms with Crippen molar-refractivity contribution < 1.29 is 19.4 Å². The third-order valence-corrected chi connectivity index (χ3v) is 1.96. The van der Waals surface area contributed by atoms with Crippen molar-refractivity contribution in [2.24, 2.45) is 0 Å². The molecular formula is C12H16O4. The summed E-state index contributed by atoms with van der Waals surface area (Å²) in [5.74, 6) is -0.00982. The summed E-state index contributed by atoms with van der Waals surface area (Å²) >= 11 is 0. The molecule has 1 aromatic rings. The van der Waals surface area contributed by atoms with E-state index in [1.54, 1.807) is 12.1 Å². The van der Waals surface area contributed by atoms with Gasteiger partial charge in [-0.15, -0.1) is 0 Å². The molecule has 0 atom stereocenters. The van der Waals surface area contributed by atoms with Crippen molar-refractivity contribution in [3.8, 4) is 11.5 Å². The van der Waals surface area contributed by atoms with Crippen LogP contribution in [0.3, 0.4) is 0 Å². The lowest BCUT2D eigenvalue weighted by Gasteiger charge is -2.10. The molecule has 4 nitrogen and oxygen atoms in total. The monoisotopic (exact) mass is 224 g/mol. The van der Waals surface area contributed by atoms with Crippen LogP contribution in [0.2, 0.25) is 0 Å². The van der Waals surface area contributed by atoms with Crippen LogP contribution in [0.1, 0.15) is 30.6 Å². The molecule has 0 radical (unpaired) electrons. The average Bonchev–Trinajstić information content (AvgIpc) is 2.26. The van der Waals surface area contributed by atoms with Gasteiger partial charge in [-0.3, -0.25) is 0 Å². The Labute approximate surface area is 94.8 Å². The molecule has 0 saturated carbocycles. The Morgan fingerprint density at radius 2 is 2.06 bits per heavy atom. The lowest BCUT2D eigenvalue weighted by molar-refractivity contribution is 0.0692. The van der Waals surface area contributed by atoms with E-state index < -0.39 is 5.97 Å². The van der Waals surface area contributed by atoms with E-state index >= 15 is 0 Å². The third-order valence-electron chi connectivity index (χ3n) is 1.96. The van der Waals surface area contributed by atoms with Crippen LogP contribution in [0.25, 0.3) is 0 Å². The molecule has 16 heavy (non-hydrogen) atoms. The minimum Gasteiger partial charge on any atom is -0.493 e. The van der Waals surface area contributed by atoms with Gasteiger partial charge in [0.2, 0.25) is 0 Å². The highest BCUT2D eigenvalue weighted by Gasteiger charge is 2.12. The Bertz CT molecular complexity index is 360. The number of carboxylic acids is 1. The summed E-state index contributed by atoms with van der Waals surface area (Å²) < 4.78 is 10.7. The zero-order valence-electron chi connectivity index (χ0n) is 9.53. The fraction of sp³-hybridized carbons (Fsp3) is 0.417. The predicted octanol–water partition coefficient (Wildman–Crippen LogP) is 2.57. The fourth-order valence-electron chi connectivity index (χ4n) is 1.26. The van der Waals surface area contributed by atoms with Gasteiger partial charge in [0.15, 0.2) is 0 Å². The maximum absolute atomic E-state index is 10.9. The highest BCUT2D eigenvalue weighted by Crippen LogP contribution is 2.25. The Morgan fingerprint density at radius 3 is 2.62 bits per heavy atom. The van der Waals surface area contributed by atoms with Crippen LogP contribution < -0.4 is 9.47 Å². The highest BCUT2D eigenvalue weighted by molar-refractivity contribution is 5.91. The summed E-state index contributed by atoms with van der Waals surface area (Å²) in [6.07, 6.45) is 0.907. The van der Waals surface area contributed by atoms with E-state index in [1.807, 2.05) is 13.8 Å². The van der Waals surface area contributed by atoms with Crippen LogP contribution in [0.15, 0.2) is 18.2 Å². The highest BCUT2D eigenvalue weighted by atomic mass is 16.5. The number of hydrogen-bond donors (Lipinski definition) is 1. The Kier molecular flexibility index (Phi) is 4.64. The zero-order valence-corrected chi connectivity index (χ0v) is 9.53. The SMILES string of the molecule is CCCOc1ccc(C(=O)O)c(OCC)c1. The van der Waals surface area contributed by atoms with Crippen LogP contribution in [0, 0.1) is 0 Å². The van der Waals surface area contributed by atoms with Crippen molar-refractivity contribution in [2.75, 3.05) is 13.2 Å². The normalized spacial score (nSPS) is 9.88. The van der Waals surface area contributed by atoms with E-state index in [2.05, 4.69) is 0 Å². The number of hydrogen-bond acceptors (Lipinski definition) is 3. The van der Waals surface area contributed by atoms with Gasteiger partial charge in [-0.2, -0.15) is 0 Å². The van der Waals surface area contributed by atoms with Gasteiger partial charge in [0.1, 0.15) is 17.1 Å². The molecule has 0 amide bonds. The second-order valence-corrected chi connectivity index (χ2v) is 3.24. The molecule has 0 aromatic heterocycles. The van der Waals surface area contributed by atoms with Crippen LogP contribution >= 0.6 is 0 Å². The summed E-state index contributed by atoms with van der Waals surface area (Å²) in [7, 11) is 0. The van der Waals surface area contributed by atoms with Crippen molar-refractivity contribution in [1.29, 1.82) is 0 Å². The largest absolute Gasteiger partial charge is 0.493 e. The summed E-state index contributed by atoms with van der Waals surface area (Å²) in [4.78, 5) is 10.9. The molecule has 0 aliphatic rings. The topological polar surface area (TPSA) is 55.8 Å². The Morgan fingerprint density at radius 1 is 1.31 bits per heavy atom. The van der Waals surface area contributed by atoms with Gasteiger partial charge >= 0.3 is 5.97 Å². The first kappa shape index (κ1) is 12.4. The van der Waals surface area contributed by atoms with E-state index in [0.29, 0.717) is 24.7 Å². The molecule has 1 N–H and O–H groups in total. The molecule has 88 valence electrons. The first-order valence-electron chi connectivity index (χ1n) is 5.32. The van der Waals surface area contributed by atoms with Crippen LogP contribution in [0.4, 0.5) is 0 Å². The number of aromatic carboxylic acids is 1. The number of carboxylic acid groups (broad SMARTS) is 1. The zero-order chi connectivity index (χ0) is 12.0. The second kappa shape index (κ2) is 6.00. The summed E-state index contributed by atoms with van der Waals surface area (Å²) in [5, 5.41) is 8.94. The molecule has 0 spiro atoms. The van der Waals surface area contributed by atoms with Gasteiger partial charge in [-0.25, -0.2) is 4.79 Å². The summed E-state index contributed by atoms with van der Waals surface area (Å²) in [6.45, 7) is 4.86. The van der Waals surface area contributed by atoms with E-state index in [0.717, 1.165) is 6.42 Å². The van der Waals surface area contributed by atoms with Crippen molar-refractivity contribution >= 4 is 5.97 Å². The number of benzene rings is 1. The first-order valence-corrected chi connectivity index (χ1v) is 5.32. The van der Waals surface area contributed by atoms with Crippen molar-refractivity contribution in [3.63, 3.8) is 0 Å². The predicted molar refractivity (Wildman–Crippen MR) is 60.4 cm³/mol. The maximum atomic E-state index is 10.9. The fourth-order valence-corrected chi connectivity index (χ4v) is 1.26. The molecule has 0 aliphatic carbocycles. The Balaban J connectivity index is 2.92. The molecular weight excluding hydrogens is 208 g/mol. The average molecular weight is 224 g/mol. The molecule has 0 fully saturated rings. The van der Waals surface area contributed by atoms with E-state index in [-0.39, 0.29) is 5.56 Å². The lowest BCUT2D eigenvalue weighted by Crippen LogP contribution is -2.04. The van der Waals surface area contributed by atoms with Crippen molar-refractivity contribution in [2.45, 2.75) is 20.3 Å². The molecule has 0 saturated heterocycles. The maximum Gasteiger partial charge on any atom is 0.339 e. The van der Waals surface area contributed by atoms with E-state index in [9.17, 15) is 4.79 Å². The van der Waals surface area contributed by atoms with Gasteiger partial charge in [-0.1, -0.05) is 6.92 Å². The van der Waals surface area contributed by atoms with E-state index in [4.69, 9.17) is 14.6 Å². The van der Waals surface area contributed by atoms with Crippen LogP contribution in [0.5, 0.6) is 11.5 Å². The van der Waals surface area contributed by atoms with Crippen LogP contribution in [-0.4, -0.2) is 24.3 Å². The van der Waals surface area contributed by atoms with Gasteiger partial charge in [-0.05, 0) is 25.5 Å². The summed E-state index contributed by atoms with van der Waals surface area (Å²) in [5.41, 5.74) is 0.158. The van der Waals surface area contributed by atoms with Gasteiger partial charge in [0.05, 0.1) is 13.2 Å². The minimum atomic E-state index is -0.995. The number of ether oxygens (including phenoxy) is 2. The van der Waals surface area contributed by atoms with Gasteiger partial charge in [0.25, 0.3) is 0 Å². The molecule has 0 aliphatic heterocycles. The smallest absolute Gasteiger partial charge is 0.339 e. The summed E-state index contributed by atoms with van der Waals surface area (Å²) in [6, 6.07) is 4.75. The third kappa shape index (κ3) is 3.15. The standard InChI is InChI=1S/C12H16O4/c1-3-7-16-9-5-6-10(12(13)14)11(8-9)15-4-2/h5-6,8H,3-4,7H2,1-2H3,(H,13,14).